The number of hydrogen-bond donors (Lipinski definition) is 3. The molecule has 1 heterocycles. The van der Waals surface area contributed by atoms with E-state index in [1.54, 1.807) is 0 Å². The zero-order valence-electron chi connectivity index (χ0n) is 15.8. The highest BCUT2D eigenvalue weighted by atomic mass is 32.2. The average molecular weight is 496 g/mol. The lowest BCUT2D eigenvalue weighted by molar-refractivity contribution is 0.476. The predicted octanol–water partition coefficient (Wildman–Crippen LogP) is -0.856. The number of hydrogen-bond acceptors (Lipinski definition) is 8. The Balaban J connectivity index is 1.89. The molecule has 1 unspecified atom stereocenters. The number of rotatable bonds is 3. The van der Waals surface area contributed by atoms with Crippen LogP contribution in [-0.2, 0) is 30.3 Å². The Kier molecular flexibility index (Phi) is 4.22. The molecule has 2 aliphatic rings. The number of primary sulfonamides is 1. The Labute approximate surface area is 181 Å². The summed E-state index contributed by atoms with van der Waals surface area (Å²) in [5.74, 6) is 0. The molecular weight excluding hydrogens is 482 g/mol. The van der Waals surface area contributed by atoms with Crippen molar-refractivity contribution in [2.75, 3.05) is 0 Å². The van der Waals surface area contributed by atoms with E-state index in [1.807, 2.05) is 0 Å². The summed E-state index contributed by atoms with van der Waals surface area (Å²) in [5.41, 5.74) is 1.63. The zero-order chi connectivity index (χ0) is 23.2. The molecule has 1 atom stereocenters. The van der Waals surface area contributed by atoms with Crippen LogP contribution in [0.1, 0.15) is 12.1 Å². The molecule has 0 radical (unpaired) electrons. The number of nitrogens with zero attached hydrogens (tertiary/aromatic N) is 2. The summed E-state index contributed by atoms with van der Waals surface area (Å²) in [4.78, 5) is 8.27. The van der Waals surface area contributed by atoms with Crippen molar-refractivity contribution in [2.45, 2.75) is 21.5 Å². The van der Waals surface area contributed by atoms with Crippen molar-refractivity contribution in [1.29, 1.82) is 0 Å². The molecule has 3 aromatic rings. The Bertz CT molecular complexity index is 1830. The third kappa shape index (κ3) is 3.23. The minimum Gasteiger partial charge on any atom is -0.285 e. The maximum atomic E-state index is 11.9. The van der Waals surface area contributed by atoms with E-state index in [9.17, 15) is 34.4 Å². The van der Waals surface area contributed by atoms with Crippen molar-refractivity contribution in [3.8, 4) is 11.3 Å². The van der Waals surface area contributed by atoms with E-state index < -0.39 is 40.4 Å². The first-order valence-electron chi connectivity index (χ1n) is 8.92. The molecule has 0 saturated carbocycles. The van der Waals surface area contributed by atoms with Crippen LogP contribution in [0.25, 0.3) is 33.9 Å². The molecule has 0 saturated heterocycles. The third-order valence-corrected chi connectivity index (χ3v) is 8.21. The second kappa shape index (κ2) is 6.40. The van der Waals surface area contributed by atoms with Crippen molar-refractivity contribution in [1.82, 2.24) is 9.97 Å². The van der Waals surface area contributed by atoms with Gasteiger partial charge in [0, 0.05) is 5.56 Å². The number of aromatic nitrogens is 2. The molecule has 11 nitrogen and oxygen atoms in total. The Morgan fingerprint density at radius 1 is 0.875 bits per heavy atom. The molecule has 0 fully saturated rings. The van der Waals surface area contributed by atoms with Crippen LogP contribution in [0.5, 0.6) is 0 Å². The first kappa shape index (κ1) is 21.1. The molecule has 2 aromatic carbocycles. The summed E-state index contributed by atoms with van der Waals surface area (Å²) < 4.78 is 89.9. The number of fused-ring (bicyclic) bond motifs is 4. The Hall–Kier alpha value is -2.75. The lowest BCUT2D eigenvalue weighted by atomic mass is 10.00. The van der Waals surface area contributed by atoms with E-state index in [4.69, 9.17) is 5.14 Å². The largest absolute Gasteiger partial charge is 0.294 e. The van der Waals surface area contributed by atoms with Crippen LogP contribution >= 0.6 is 0 Å². The lowest BCUT2D eigenvalue weighted by Gasteiger charge is -2.15. The van der Waals surface area contributed by atoms with Crippen LogP contribution in [0.3, 0.4) is 0 Å². The van der Waals surface area contributed by atoms with Crippen LogP contribution < -0.4 is 15.6 Å². The van der Waals surface area contributed by atoms with Crippen molar-refractivity contribution < 1.29 is 34.4 Å². The smallest absolute Gasteiger partial charge is 0.285 e. The van der Waals surface area contributed by atoms with E-state index >= 15 is 0 Å². The fourth-order valence-corrected chi connectivity index (χ4v) is 5.79. The van der Waals surface area contributed by atoms with Gasteiger partial charge in [-0.15, -0.1) is 0 Å². The van der Waals surface area contributed by atoms with Gasteiger partial charge in [-0.25, -0.2) is 23.5 Å². The molecule has 166 valence electrons. The van der Waals surface area contributed by atoms with Crippen LogP contribution in [0.2, 0.25) is 0 Å². The summed E-state index contributed by atoms with van der Waals surface area (Å²) in [6.07, 6.45) is 1.04. The van der Waals surface area contributed by atoms with Gasteiger partial charge >= 0.3 is 0 Å². The summed E-state index contributed by atoms with van der Waals surface area (Å²) in [5, 5.41) is 4.45. The molecule has 0 spiro atoms. The molecule has 0 aliphatic heterocycles. The van der Waals surface area contributed by atoms with Crippen molar-refractivity contribution >= 4 is 52.9 Å². The standard InChI is InChI=1S/C18H13N3O8S3/c19-30(22,23)9-1-2-14-15(7-9)21-18-13-6-11(32(27,28)29)4-8-3-10(31(24,25)26)5-12(16(8)13)17(18)20-14/h1-5,7,11H,6H2,(H2,19,22,23)(H,24,25,26)(H,27,28,29). The minimum absolute atomic E-state index is 0.161. The van der Waals surface area contributed by atoms with E-state index in [1.165, 1.54) is 30.3 Å². The van der Waals surface area contributed by atoms with Gasteiger partial charge in [0.15, 0.2) is 0 Å². The first-order chi connectivity index (χ1) is 14.7. The highest BCUT2D eigenvalue weighted by Gasteiger charge is 2.34. The summed E-state index contributed by atoms with van der Waals surface area (Å²) in [6, 6.07) is 6.18. The number of benzene rings is 2. The van der Waals surface area contributed by atoms with Gasteiger partial charge < -0.3 is 0 Å². The van der Waals surface area contributed by atoms with Crippen LogP contribution in [0.15, 0.2) is 40.1 Å². The summed E-state index contributed by atoms with van der Waals surface area (Å²) >= 11 is 0. The van der Waals surface area contributed by atoms with Gasteiger partial charge in [-0.3, -0.25) is 9.11 Å². The Morgan fingerprint density at radius 2 is 1.56 bits per heavy atom. The molecule has 1 aromatic heterocycles. The molecule has 0 bridgehead atoms. The maximum Gasteiger partial charge on any atom is 0.294 e. The quantitative estimate of drug-likeness (QED) is 0.385. The van der Waals surface area contributed by atoms with E-state index in [0.29, 0.717) is 16.4 Å². The Morgan fingerprint density at radius 3 is 2.19 bits per heavy atom. The monoisotopic (exact) mass is 495 g/mol. The third-order valence-electron chi connectivity index (χ3n) is 5.40. The van der Waals surface area contributed by atoms with Crippen molar-refractivity contribution in [2.24, 2.45) is 5.14 Å². The number of nitrogens with two attached hydrogens (primary N) is 1. The van der Waals surface area contributed by atoms with Crippen LogP contribution in [0.4, 0.5) is 0 Å². The van der Waals surface area contributed by atoms with Gasteiger partial charge in [0.1, 0.15) is 5.25 Å². The van der Waals surface area contributed by atoms with Crippen molar-refractivity contribution in [3.05, 3.63) is 46.5 Å². The van der Waals surface area contributed by atoms with Gasteiger partial charge in [0.25, 0.3) is 20.2 Å². The molecule has 4 N–H and O–H groups in total. The van der Waals surface area contributed by atoms with Gasteiger partial charge in [0.2, 0.25) is 10.0 Å². The second-order valence-electron chi connectivity index (χ2n) is 7.43. The molecular formula is C18H13N3O8S3. The van der Waals surface area contributed by atoms with Gasteiger partial charge in [-0.2, -0.15) is 16.8 Å². The maximum absolute atomic E-state index is 11.9. The molecule has 5 rings (SSSR count). The first-order valence-corrected chi connectivity index (χ1v) is 13.4. The van der Waals surface area contributed by atoms with Gasteiger partial charge in [-0.05, 0) is 52.8 Å². The predicted molar refractivity (Wildman–Crippen MR) is 112 cm³/mol. The number of sulfonamides is 1. The zero-order valence-corrected chi connectivity index (χ0v) is 18.2. The SMILES string of the molecule is NS(=O)(=O)c1ccc2nc3c(nc2c1)C1=c2c-3cc(S(=O)(=O)O)cc2=CC(S(=O)(=O)O)C1. The fraction of sp³-hybridized carbons (Fsp3) is 0.111. The highest BCUT2D eigenvalue weighted by Crippen LogP contribution is 2.35. The fourth-order valence-electron chi connectivity index (χ4n) is 4.02. The highest BCUT2D eigenvalue weighted by molar-refractivity contribution is 7.89. The second-order valence-corrected chi connectivity index (χ2v) is 12.0. The van der Waals surface area contributed by atoms with Crippen LogP contribution in [-0.4, -0.2) is 49.6 Å². The van der Waals surface area contributed by atoms with E-state index in [-0.39, 0.29) is 39.0 Å². The van der Waals surface area contributed by atoms with E-state index in [2.05, 4.69) is 9.97 Å². The van der Waals surface area contributed by atoms with Crippen LogP contribution in [0, 0.1) is 0 Å². The van der Waals surface area contributed by atoms with Gasteiger partial charge in [-0.1, -0.05) is 6.08 Å². The average Bonchev–Trinajstić information content (AvgIpc) is 2.98. The lowest BCUT2D eigenvalue weighted by Crippen LogP contribution is -2.36. The minimum atomic E-state index is -4.64. The molecule has 14 heteroatoms. The topological polar surface area (TPSA) is 195 Å². The molecule has 0 amide bonds. The van der Waals surface area contributed by atoms with Crippen molar-refractivity contribution in [3.63, 3.8) is 0 Å². The molecule has 2 aliphatic carbocycles. The molecule has 32 heavy (non-hydrogen) atoms. The summed E-state index contributed by atoms with van der Waals surface area (Å²) in [7, 11) is -13.2. The summed E-state index contributed by atoms with van der Waals surface area (Å²) in [6.45, 7) is 0. The van der Waals surface area contributed by atoms with Gasteiger partial charge in [0.05, 0.1) is 32.2 Å². The van der Waals surface area contributed by atoms with E-state index in [0.717, 1.165) is 6.07 Å². The normalized spacial score (nSPS) is 17.7.